The van der Waals surface area contributed by atoms with Crippen molar-refractivity contribution in [3.05, 3.63) is 57.3 Å². The molecule has 96 valence electrons. The molecule has 3 aromatic rings. The first-order valence-corrected chi connectivity index (χ1v) is 7.66. The van der Waals surface area contributed by atoms with Crippen molar-refractivity contribution in [1.82, 2.24) is 4.58 Å². The van der Waals surface area contributed by atoms with E-state index in [1.54, 1.807) is 34.8 Å². The van der Waals surface area contributed by atoms with Gasteiger partial charge in [0.15, 0.2) is 0 Å². The normalized spacial score (nSPS) is 12.8. The predicted octanol–water partition coefficient (Wildman–Crippen LogP) is 4.49. The van der Waals surface area contributed by atoms with Crippen LogP contribution in [0.5, 0.6) is 0 Å². The van der Waals surface area contributed by atoms with Crippen molar-refractivity contribution < 1.29 is 4.39 Å². The Morgan fingerprint density at radius 2 is 1.68 bits per heavy atom. The molecular formula is C14H10ClFNS2+. The van der Waals surface area contributed by atoms with Gasteiger partial charge in [-0.3, -0.25) is 0 Å². The van der Waals surface area contributed by atoms with Crippen LogP contribution in [0, 0.1) is 5.82 Å². The fraction of sp³-hybridized carbons (Fsp3) is 0.0714. The van der Waals surface area contributed by atoms with Gasteiger partial charge >= 0.3 is 3.98 Å². The van der Waals surface area contributed by atoms with Gasteiger partial charge in [0.25, 0.3) is 0 Å². The summed E-state index contributed by atoms with van der Waals surface area (Å²) in [6.07, 6.45) is 0. The summed E-state index contributed by atoms with van der Waals surface area (Å²) in [7, 11) is 1.98. The zero-order chi connectivity index (χ0) is 13.4. The second-order valence-corrected chi connectivity index (χ2v) is 6.85. The molecule has 0 spiro atoms. The zero-order valence-corrected chi connectivity index (χ0v) is 12.5. The minimum Gasteiger partial charge on any atom is -0.207 e. The highest BCUT2D eigenvalue weighted by Crippen LogP contribution is 2.25. The van der Waals surface area contributed by atoms with Gasteiger partial charge in [0.2, 0.25) is 5.69 Å². The van der Waals surface area contributed by atoms with Crippen LogP contribution in [0.4, 0.5) is 10.1 Å². The summed E-state index contributed by atoms with van der Waals surface area (Å²) < 4.78 is 18.5. The van der Waals surface area contributed by atoms with Crippen molar-refractivity contribution in [1.29, 1.82) is 0 Å². The Hall–Kier alpha value is -1.23. The maximum absolute atomic E-state index is 12.9. The number of fused-ring (bicyclic) bond motifs is 1. The van der Waals surface area contributed by atoms with E-state index in [1.807, 2.05) is 25.2 Å². The SMILES string of the molecule is C[N+](c1ccc(F)cc1)=c1sc2ccc(Cl)cc2s1. The summed E-state index contributed by atoms with van der Waals surface area (Å²) in [5, 5.41) is 0.748. The van der Waals surface area contributed by atoms with Gasteiger partial charge in [-0.1, -0.05) is 34.3 Å². The lowest BCUT2D eigenvalue weighted by Crippen LogP contribution is -2.14. The van der Waals surface area contributed by atoms with E-state index in [2.05, 4.69) is 4.58 Å². The van der Waals surface area contributed by atoms with Crippen molar-refractivity contribution in [2.24, 2.45) is 0 Å². The van der Waals surface area contributed by atoms with Crippen LogP contribution in [0.3, 0.4) is 0 Å². The highest BCUT2D eigenvalue weighted by atomic mass is 35.5. The van der Waals surface area contributed by atoms with Crippen LogP contribution in [0.25, 0.3) is 9.40 Å². The van der Waals surface area contributed by atoms with Crippen molar-refractivity contribution in [3.8, 4) is 0 Å². The van der Waals surface area contributed by atoms with E-state index in [0.29, 0.717) is 0 Å². The number of benzene rings is 2. The van der Waals surface area contributed by atoms with Crippen LogP contribution in [0.2, 0.25) is 5.02 Å². The quantitative estimate of drug-likeness (QED) is 0.583. The molecule has 0 saturated heterocycles. The van der Waals surface area contributed by atoms with Gasteiger partial charge in [-0.05, 0) is 30.3 Å². The Morgan fingerprint density at radius 3 is 2.42 bits per heavy atom. The van der Waals surface area contributed by atoms with Crippen molar-refractivity contribution in [2.45, 2.75) is 0 Å². The molecule has 1 heterocycles. The minimum atomic E-state index is -0.219. The fourth-order valence-electron chi connectivity index (χ4n) is 1.76. The van der Waals surface area contributed by atoms with E-state index in [9.17, 15) is 4.39 Å². The minimum absolute atomic E-state index is 0.219. The first kappa shape index (κ1) is 12.8. The standard InChI is InChI=1S/C14H10ClFNS2/c1-17(11-5-3-10(16)4-6-11)14-18-12-7-2-9(15)8-13(12)19-14/h2-8H,1H3/q+1. The third kappa shape index (κ3) is 2.56. The van der Waals surface area contributed by atoms with Gasteiger partial charge in [-0.25, -0.2) is 4.39 Å². The van der Waals surface area contributed by atoms with E-state index in [0.717, 1.165) is 14.7 Å². The van der Waals surface area contributed by atoms with Crippen LogP contribution in [0.1, 0.15) is 0 Å². The van der Waals surface area contributed by atoms with Gasteiger partial charge < -0.3 is 0 Å². The average molecular weight is 311 g/mol. The Labute approximate surface area is 122 Å². The molecule has 2 aromatic carbocycles. The lowest BCUT2D eigenvalue weighted by Gasteiger charge is -1.93. The molecule has 1 aromatic heterocycles. The van der Waals surface area contributed by atoms with Gasteiger partial charge in [-0.2, -0.15) is 4.58 Å². The Bertz CT molecular complexity index is 802. The molecule has 0 unspecified atom stereocenters. The molecule has 0 radical (unpaired) electrons. The van der Waals surface area contributed by atoms with Gasteiger partial charge in [0.1, 0.15) is 12.9 Å². The second-order valence-electron chi connectivity index (χ2n) is 4.10. The van der Waals surface area contributed by atoms with Crippen LogP contribution in [-0.4, -0.2) is 7.05 Å². The number of nitrogens with zero attached hydrogens (tertiary/aromatic N) is 1. The topological polar surface area (TPSA) is 3.01 Å². The summed E-state index contributed by atoms with van der Waals surface area (Å²) in [5.74, 6) is -0.219. The number of hydrogen-bond acceptors (Lipinski definition) is 2. The molecule has 0 bridgehead atoms. The number of halogens is 2. The summed E-state index contributed by atoms with van der Waals surface area (Å²) in [4.78, 5) is 0. The first-order valence-electron chi connectivity index (χ1n) is 5.65. The van der Waals surface area contributed by atoms with Crippen molar-refractivity contribution in [2.75, 3.05) is 7.05 Å². The molecule has 0 aliphatic heterocycles. The molecule has 0 N–H and O–H groups in total. The summed E-state index contributed by atoms with van der Waals surface area (Å²) in [6, 6.07) is 12.4. The number of rotatable bonds is 1. The lowest BCUT2D eigenvalue weighted by atomic mass is 10.3. The number of hydrogen-bond donors (Lipinski definition) is 0. The molecule has 0 aliphatic carbocycles. The fourth-order valence-corrected chi connectivity index (χ4v) is 4.47. The lowest BCUT2D eigenvalue weighted by molar-refractivity contribution is 0.627. The van der Waals surface area contributed by atoms with E-state index in [4.69, 9.17) is 11.6 Å². The average Bonchev–Trinajstić information content (AvgIpc) is 2.81. The largest absolute Gasteiger partial charge is 0.320 e. The van der Waals surface area contributed by atoms with Crippen LogP contribution < -0.4 is 8.56 Å². The van der Waals surface area contributed by atoms with Crippen molar-refractivity contribution >= 4 is 49.4 Å². The van der Waals surface area contributed by atoms with E-state index in [-0.39, 0.29) is 5.82 Å². The second kappa shape index (κ2) is 5.04. The maximum Gasteiger partial charge on any atom is 0.320 e. The molecule has 0 atom stereocenters. The molecular weight excluding hydrogens is 301 g/mol. The van der Waals surface area contributed by atoms with Crippen LogP contribution in [0.15, 0.2) is 42.5 Å². The predicted molar refractivity (Wildman–Crippen MR) is 82.0 cm³/mol. The Kier molecular flexibility index (Phi) is 3.39. The molecule has 0 aliphatic rings. The van der Waals surface area contributed by atoms with Crippen molar-refractivity contribution in [3.63, 3.8) is 0 Å². The summed E-state index contributed by atoms with van der Waals surface area (Å²) in [5.41, 5.74) is 0.968. The Balaban J connectivity index is 2.20. The first-order chi connectivity index (χ1) is 9.13. The third-order valence-electron chi connectivity index (χ3n) is 2.79. The molecule has 3 rings (SSSR count). The van der Waals surface area contributed by atoms with Gasteiger partial charge in [-0.15, -0.1) is 0 Å². The molecule has 0 saturated carbocycles. The van der Waals surface area contributed by atoms with Gasteiger partial charge in [0.05, 0.1) is 9.40 Å². The van der Waals surface area contributed by atoms with Gasteiger partial charge in [0, 0.05) is 17.2 Å². The summed E-state index contributed by atoms with van der Waals surface area (Å²) in [6.45, 7) is 0. The molecule has 0 fully saturated rings. The monoisotopic (exact) mass is 310 g/mol. The molecule has 1 nitrogen and oxygen atoms in total. The van der Waals surface area contributed by atoms with E-state index >= 15 is 0 Å². The van der Waals surface area contributed by atoms with E-state index < -0.39 is 0 Å². The third-order valence-corrected chi connectivity index (χ3v) is 5.68. The van der Waals surface area contributed by atoms with Crippen LogP contribution >= 0.6 is 34.3 Å². The zero-order valence-electron chi connectivity index (χ0n) is 10.1. The molecule has 5 heteroatoms. The van der Waals surface area contributed by atoms with E-state index in [1.165, 1.54) is 21.5 Å². The highest BCUT2D eigenvalue weighted by Gasteiger charge is 2.09. The Morgan fingerprint density at radius 1 is 1.00 bits per heavy atom. The maximum atomic E-state index is 12.9. The smallest absolute Gasteiger partial charge is 0.207 e. The highest BCUT2D eigenvalue weighted by molar-refractivity contribution is 7.35. The molecule has 0 amide bonds. The van der Waals surface area contributed by atoms with Crippen LogP contribution in [-0.2, 0) is 0 Å². The molecule has 19 heavy (non-hydrogen) atoms. The summed E-state index contributed by atoms with van der Waals surface area (Å²) >= 11 is 9.39.